The molecule has 2 aromatic rings. The van der Waals surface area contributed by atoms with Crippen molar-refractivity contribution in [1.82, 2.24) is 5.32 Å². The van der Waals surface area contributed by atoms with E-state index in [0.717, 1.165) is 5.56 Å². The monoisotopic (exact) mass is 309 g/mol. The maximum Gasteiger partial charge on any atom is 0.251 e. The molecule has 0 aliphatic heterocycles. The smallest absolute Gasteiger partial charge is 0.251 e. The molecule has 0 saturated carbocycles. The molecule has 5 heteroatoms. The molecule has 0 aromatic heterocycles. The Bertz CT molecular complexity index is 602. The molecule has 104 valence electrons. The fraction of sp³-hybridized carbons (Fsp3) is 0.133. The van der Waals surface area contributed by atoms with Gasteiger partial charge in [-0.1, -0.05) is 53.5 Å². The lowest BCUT2D eigenvalue weighted by atomic mass is 10.1. The average Bonchev–Trinajstić information content (AvgIpc) is 2.48. The summed E-state index contributed by atoms with van der Waals surface area (Å²) in [6.45, 7) is 0.128. The van der Waals surface area contributed by atoms with Crippen molar-refractivity contribution in [2.75, 3.05) is 6.54 Å². The van der Waals surface area contributed by atoms with Gasteiger partial charge in [-0.3, -0.25) is 4.79 Å². The lowest BCUT2D eigenvalue weighted by molar-refractivity contribution is 0.0916. The first kappa shape index (κ1) is 14.9. The molecule has 3 nitrogen and oxygen atoms in total. The van der Waals surface area contributed by atoms with E-state index in [1.54, 1.807) is 24.3 Å². The summed E-state index contributed by atoms with van der Waals surface area (Å²) >= 11 is 11.6. The Morgan fingerprint density at radius 1 is 1.10 bits per heavy atom. The number of nitrogens with one attached hydrogen (secondary N) is 1. The summed E-state index contributed by atoms with van der Waals surface area (Å²) in [5.41, 5.74) is 1.15. The van der Waals surface area contributed by atoms with Crippen LogP contribution in [0.5, 0.6) is 0 Å². The predicted molar refractivity (Wildman–Crippen MR) is 80.2 cm³/mol. The van der Waals surface area contributed by atoms with Crippen molar-refractivity contribution in [1.29, 1.82) is 0 Å². The Balaban J connectivity index is 1.97. The molecule has 0 radical (unpaired) electrons. The molecular weight excluding hydrogens is 297 g/mol. The van der Waals surface area contributed by atoms with E-state index >= 15 is 0 Å². The zero-order valence-electron chi connectivity index (χ0n) is 10.5. The fourth-order valence-electron chi connectivity index (χ4n) is 1.72. The second kappa shape index (κ2) is 6.75. The van der Waals surface area contributed by atoms with Crippen LogP contribution in [-0.2, 0) is 0 Å². The quantitative estimate of drug-likeness (QED) is 0.908. The van der Waals surface area contributed by atoms with Gasteiger partial charge in [0.15, 0.2) is 0 Å². The van der Waals surface area contributed by atoms with Crippen molar-refractivity contribution in [2.45, 2.75) is 6.10 Å². The number of halogens is 2. The van der Waals surface area contributed by atoms with Gasteiger partial charge in [0.25, 0.3) is 5.91 Å². The number of hydrogen-bond donors (Lipinski definition) is 2. The van der Waals surface area contributed by atoms with Gasteiger partial charge in [0, 0.05) is 12.1 Å². The molecule has 2 rings (SSSR count). The zero-order chi connectivity index (χ0) is 14.5. The van der Waals surface area contributed by atoms with Gasteiger partial charge in [-0.25, -0.2) is 0 Å². The highest BCUT2D eigenvalue weighted by Crippen LogP contribution is 2.22. The predicted octanol–water partition coefficient (Wildman–Crippen LogP) is 3.46. The first-order valence-electron chi connectivity index (χ1n) is 6.04. The SMILES string of the molecule is O=C(NCC(O)c1ccccc1)c1ccc(Cl)c(Cl)c1. The molecule has 20 heavy (non-hydrogen) atoms. The summed E-state index contributed by atoms with van der Waals surface area (Å²) in [7, 11) is 0. The van der Waals surface area contributed by atoms with Crippen molar-refractivity contribution in [3.63, 3.8) is 0 Å². The van der Waals surface area contributed by atoms with Crippen molar-refractivity contribution < 1.29 is 9.90 Å². The first-order chi connectivity index (χ1) is 9.58. The van der Waals surface area contributed by atoms with Gasteiger partial charge in [0.2, 0.25) is 0 Å². The fourth-order valence-corrected chi connectivity index (χ4v) is 2.02. The van der Waals surface area contributed by atoms with Gasteiger partial charge in [-0.2, -0.15) is 0 Å². The van der Waals surface area contributed by atoms with Crippen LogP contribution in [-0.4, -0.2) is 17.6 Å². The third-order valence-electron chi connectivity index (χ3n) is 2.82. The third kappa shape index (κ3) is 3.73. The number of carbonyl (C=O) groups excluding carboxylic acids is 1. The largest absolute Gasteiger partial charge is 0.387 e. The van der Waals surface area contributed by atoms with Gasteiger partial charge in [-0.05, 0) is 23.8 Å². The molecule has 0 aliphatic carbocycles. The molecule has 1 amide bonds. The van der Waals surface area contributed by atoms with E-state index in [2.05, 4.69) is 5.32 Å². The van der Waals surface area contributed by atoms with Crippen molar-refractivity contribution in [3.05, 3.63) is 69.7 Å². The van der Waals surface area contributed by atoms with Crippen LogP contribution in [0.4, 0.5) is 0 Å². The number of aliphatic hydroxyl groups is 1. The Hall–Kier alpha value is -1.55. The number of aliphatic hydroxyl groups excluding tert-OH is 1. The Labute approximate surface area is 127 Å². The lowest BCUT2D eigenvalue weighted by Crippen LogP contribution is -2.28. The molecule has 0 fully saturated rings. The second-order valence-electron chi connectivity index (χ2n) is 4.27. The van der Waals surface area contributed by atoms with Crippen molar-refractivity contribution in [2.24, 2.45) is 0 Å². The molecular formula is C15H13Cl2NO2. The van der Waals surface area contributed by atoms with E-state index in [1.165, 1.54) is 6.07 Å². The van der Waals surface area contributed by atoms with Crippen LogP contribution in [0.2, 0.25) is 10.0 Å². The standard InChI is InChI=1S/C15H13Cl2NO2/c16-12-7-6-11(8-13(12)17)15(20)18-9-14(19)10-4-2-1-3-5-10/h1-8,14,19H,9H2,(H,18,20). The molecule has 1 atom stereocenters. The van der Waals surface area contributed by atoms with E-state index < -0.39 is 6.10 Å². The number of amides is 1. The number of rotatable bonds is 4. The highest BCUT2D eigenvalue weighted by molar-refractivity contribution is 6.42. The second-order valence-corrected chi connectivity index (χ2v) is 5.08. The Morgan fingerprint density at radius 3 is 2.45 bits per heavy atom. The molecule has 0 aliphatic rings. The van der Waals surface area contributed by atoms with Crippen LogP contribution in [0, 0.1) is 0 Å². The number of benzene rings is 2. The van der Waals surface area contributed by atoms with Crippen LogP contribution in [0.15, 0.2) is 48.5 Å². The summed E-state index contributed by atoms with van der Waals surface area (Å²) in [4.78, 5) is 11.9. The minimum Gasteiger partial charge on any atom is -0.387 e. The average molecular weight is 310 g/mol. The van der Waals surface area contributed by atoms with Crippen LogP contribution in [0.25, 0.3) is 0 Å². The minimum atomic E-state index is -0.747. The highest BCUT2D eigenvalue weighted by Gasteiger charge is 2.11. The summed E-state index contributed by atoms with van der Waals surface area (Å²) < 4.78 is 0. The zero-order valence-corrected chi connectivity index (χ0v) is 12.0. The number of carbonyl (C=O) groups is 1. The van der Waals surface area contributed by atoms with Crippen molar-refractivity contribution in [3.8, 4) is 0 Å². The molecule has 0 heterocycles. The Kier molecular flexibility index (Phi) is 5.01. The summed E-state index contributed by atoms with van der Waals surface area (Å²) in [6.07, 6.45) is -0.747. The molecule has 0 bridgehead atoms. The molecule has 0 saturated heterocycles. The van der Waals surface area contributed by atoms with Crippen molar-refractivity contribution >= 4 is 29.1 Å². The molecule has 1 unspecified atom stereocenters. The molecule has 2 N–H and O–H groups in total. The van der Waals surface area contributed by atoms with E-state index in [-0.39, 0.29) is 12.5 Å². The summed E-state index contributed by atoms with van der Waals surface area (Å²) in [5, 5.41) is 13.3. The maximum absolute atomic E-state index is 11.9. The van der Waals surface area contributed by atoms with Gasteiger partial charge in [0.1, 0.15) is 0 Å². The third-order valence-corrected chi connectivity index (χ3v) is 3.56. The van der Waals surface area contributed by atoms with Gasteiger partial charge in [-0.15, -0.1) is 0 Å². The van der Waals surface area contributed by atoms with Crippen LogP contribution in [0.1, 0.15) is 22.0 Å². The first-order valence-corrected chi connectivity index (χ1v) is 6.80. The molecule has 0 spiro atoms. The Morgan fingerprint density at radius 2 is 1.80 bits per heavy atom. The number of hydrogen-bond acceptors (Lipinski definition) is 2. The van der Waals surface area contributed by atoms with Gasteiger partial charge in [0.05, 0.1) is 16.1 Å². The van der Waals surface area contributed by atoms with Crippen LogP contribution >= 0.6 is 23.2 Å². The van der Waals surface area contributed by atoms with Crippen LogP contribution in [0.3, 0.4) is 0 Å². The van der Waals surface area contributed by atoms with E-state index in [9.17, 15) is 9.90 Å². The summed E-state index contributed by atoms with van der Waals surface area (Å²) in [6, 6.07) is 13.8. The van der Waals surface area contributed by atoms with Gasteiger partial charge >= 0.3 is 0 Å². The summed E-state index contributed by atoms with van der Waals surface area (Å²) in [5.74, 6) is -0.307. The lowest BCUT2D eigenvalue weighted by Gasteiger charge is -2.12. The highest BCUT2D eigenvalue weighted by atomic mass is 35.5. The molecule has 2 aromatic carbocycles. The van der Waals surface area contributed by atoms with E-state index in [4.69, 9.17) is 23.2 Å². The van der Waals surface area contributed by atoms with E-state index in [0.29, 0.717) is 15.6 Å². The van der Waals surface area contributed by atoms with Crippen LogP contribution < -0.4 is 5.32 Å². The normalized spacial score (nSPS) is 11.9. The van der Waals surface area contributed by atoms with E-state index in [1.807, 2.05) is 18.2 Å². The van der Waals surface area contributed by atoms with Gasteiger partial charge < -0.3 is 10.4 Å². The maximum atomic E-state index is 11.9. The minimum absolute atomic E-state index is 0.128. The topological polar surface area (TPSA) is 49.3 Å².